The molecule has 1 amide bonds. The number of nitrogens with one attached hydrogen (secondary N) is 1. The first-order chi connectivity index (χ1) is 13.1. The van der Waals surface area contributed by atoms with Gasteiger partial charge in [-0.25, -0.2) is 14.6 Å². The second kappa shape index (κ2) is 7.43. The molecule has 28 heavy (non-hydrogen) atoms. The van der Waals surface area contributed by atoms with Gasteiger partial charge in [0, 0.05) is 13.1 Å². The Bertz CT molecular complexity index is 884. The van der Waals surface area contributed by atoms with Crippen LogP contribution < -0.4 is 5.32 Å². The van der Waals surface area contributed by atoms with E-state index in [2.05, 4.69) is 10.3 Å². The molecule has 152 valence electrons. The van der Waals surface area contributed by atoms with Crippen molar-refractivity contribution in [1.29, 1.82) is 0 Å². The summed E-state index contributed by atoms with van der Waals surface area (Å²) in [6.45, 7) is 10.6. The van der Waals surface area contributed by atoms with Crippen molar-refractivity contribution in [3.63, 3.8) is 0 Å². The first-order valence-electron chi connectivity index (χ1n) is 9.43. The fourth-order valence-electron chi connectivity index (χ4n) is 3.42. The lowest BCUT2D eigenvalue weighted by atomic mass is 9.98. The van der Waals surface area contributed by atoms with E-state index in [1.54, 1.807) is 17.0 Å². The summed E-state index contributed by atoms with van der Waals surface area (Å²) in [5.74, 6) is -0.592. The third-order valence-electron chi connectivity index (χ3n) is 4.71. The van der Waals surface area contributed by atoms with Crippen molar-refractivity contribution < 1.29 is 23.8 Å². The zero-order valence-corrected chi connectivity index (χ0v) is 16.9. The zero-order valence-electron chi connectivity index (χ0n) is 16.9. The fraction of sp³-hybridized carbons (Fsp3) is 0.550. The number of piperazine rings is 1. The molecule has 0 spiro atoms. The van der Waals surface area contributed by atoms with Crippen molar-refractivity contribution in [1.82, 2.24) is 15.2 Å². The van der Waals surface area contributed by atoms with Crippen LogP contribution >= 0.6 is 0 Å². The van der Waals surface area contributed by atoms with E-state index >= 15 is 0 Å². The highest BCUT2D eigenvalue weighted by atomic mass is 16.6. The maximum atomic E-state index is 13.0. The summed E-state index contributed by atoms with van der Waals surface area (Å²) in [6.07, 6.45) is -0.432. The molecule has 1 aromatic heterocycles. The number of fused-ring (bicyclic) bond motifs is 1. The number of hydrogen-bond acceptors (Lipinski definition) is 6. The van der Waals surface area contributed by atoms with Crippen LogP contribution in [-0.4, -0.2) is 51.8 Å². The monoisotopic (exact) mass is 389 g/mol. The molecule has 0 aliphatic carbocycles. The molecule has 1 aromatic carbocycles. The molecule has 1 saturated heterocycles. The lowest BCUT2D eigenvalue weighted by Gasteiger charge is -2.43. The van der Waals surface area contributed by atoms with Gasteiger partial charge in [-0.05, 0) is 38.8 Å². The van der Waals surface area contributed by atoms with Crippen LogP contribution in [0, 0.1) is 5.92 Å². The van der Waals surface area contributed by atoms with Crippen LogP contribution in [-0.2, 0) is 4.74 Å². The second-order valence-corrected chi connectivity index (χ2v) is 8.38. The van der Waals surface area contributed by atoms with E-state index in [1.165, 1.54) is 6.07 Å². The summed E-state index contributed by atoms with van der Waals surface area (Å²) < 4.78 is 11.5. The third-order valence-corrected chi connectivity index (χ3v) is 4.71. The Morgan fingerprint density at radius 1 is 1.32 bits per heavy atom. The first-order valence-corrected chi connectivity index (χ1v) is 9.43. The Morgan fingerprint density at radius 2 is 2.04 bits per heavy atom. The predicted molar refractivity (Wildman–Crippen MR) is 103 cm³/mol. The van der Waals surface area contributed by atoms with Crippen LogP contribution in [0.5, 0.6) is 0 Å². The summed E-state index contributed by atoms with van der Waals surface area (Å²) in [7, 11) is 0. The van der Waals surface area contributed by atoms with Crippen molar-refractivity contribution in [2.45, 2.75) is 52.3 Å². The number of carboxylic acids is 1. The van der Waals surface area contributed by atoms with E-state index in [0.29, 0.717) is 24.6 Å². The number of amides is 1. The van der Waals surface area contributed by atoms with Crippen molar-refractivity contribution in [2.75, 3.05) is 13.1 Å². The van der Waals surface area contributed by atoms with E-state index in [0.717, 1.165) is 0 Å². The summed E-state index contributed by atoms with van der Waals surface area (Å²) in [4.78, 5) is 30.6. The topological polar surface area (TPSA) is 105 Å². The van der Waals surface area contributed by atoms with Gasteiger partial charge in [-0.3, -0.25) is 4.90 Å². The number of rotatable bonds is 3. The summed E-state index contributed by atoms with van der Waals surface area (Å²) in [6, 6.07) is 4.17. The molecule has 0 bridgehead atoms. The minimum Gasteiger partial charge on any atom is -0.478 e. The number of para-hydroxylation sites is 1. The Kier molecular flexibility index (Phi) is 5.34. The van der Waals surface area contributed by atoms with E-state index in [-0.39, 0.29) is 23.0 Å². The molecule has 8 nitrogen and oxygen atoms in total. The normalized spacial score (nSPS) is 20.6. The summed E-state index contributed by atoms with van der Waals surface area (Å²) >= 11 is 0. The number of carboxylic acid groups (broad SMARTS) is 1. The van der Waals surface area contributed by atoms with E-state index in [1.807, 2.05) is 34.6 Å². The fourth-order valence-corrected chi connectivity index (χ4v) is 3.42. The number of aromatic nitrogens is 1. The molecule has 0 radical (unpaired) electrons. The van der Waals surface area contributed by atoms with Gasteiger partial charge in [0.2, 0.25) is 5.89 Å². The number of benzene rings is 1. The zero-order chi connectivity index (χ0) is 20.6. The quantitative estimate of drug-likeness (QED) is 0.828. The highest BCUT2D eigenvalue weighted by Gasteiger charge is 2.41. The number of oxazole rings is 1. The molecule has 2 N–H and O–H groups in total. The number of aromatic carboxylic acids is 1. The van der Waals surface area contributed by atoms with Crippen LogP contribution in [0.15, 0.2) is 22.6 Å². The van der Waals surface area contributed by atoms with E-state index in [4.69, 9.17) is 9.15 Å². The largest absolute Gasteiger partial charge is 0.478 e. The number of hydrogen-bond donors (Lipinski definition) is 2. The maximum Gasteiger partial charge on any atom is 0.411 e. The second-order valence-electron chi connectivity index (χ2n) is 8.38. The van der Waals surface area contributed by atoms with Crippen molar-refractivity contribution in [3.05, 3.63) is 29.7 Å². The molecule has 1 aliphatic rings. The molecule has 0 saturated carbocycles. The van der Waals surface area contributed by atoms with Crippen LogP contribution in [0.3, 0.4) is 0 Å². The van der Waals surface area contributed by atoms with Gasteiger partial charge in [0.05, 0.1) is 11.6 Å². The van der Waals surface area contributed by atoms with Crippen LogP contribution in [0.1, 0.15) is 56.9 Å². The minimum atomic E-state index is -1.07. The molecular formula is C20H27N3O5. The molecule has 1 fully saturated rings. The highest BCUT2D eigenvalue weighted by molar-refractivity contribution is 6.00. The van der Waals surface area contributed by atoms with Gasteiger partial charge in [0.1, 0.15) is 17.2 Å². The number of nitrogens with zero attached hydrogens (tertiary/aromatic N) is 2. The minimum absolute atomic E-state index is 0.0699. The molecule has 2 unspecified atom stereocenters. The molecule has 8 heteroatoms. The summed E-state index contributed by atoms with van der Waals surface area (Å²) in [5, 5.41) is 12.7. The Morgan fingerprint density at radius 3 is 2.64 bits per heavy atom. The SMILES string of the molecule is CC(C)C1CNCC(c2nc3c(C(=O)O)cccc3o2)N1C(=O)OC(C)(C)C. The molecule has 3 rings (SSSR count). The van der Waals surface area contributed by atoms with Gasteiger partial charge in [0.15, 0.2) is 5.58 Å². The molecule has 2 aromatic rings. The van der Waals surface area contributed by atoms with Crippen LogP contribution in [0.4, 0.5) is 4.79 Å². The lowest BCUT2D eigenvalue weighted by molar-refractivity contribution is -0.0134. The van der Waals surface area contributed by atoms with Gasteiger partial charge in [0.25, 0.3) is 0 Å². The molecular weight excluding hydrogens is 362 g/mol. The molecule has 2 atom stereocenters. The van der Waals surface area contributed by atoms with Gasteiger partial charge >= 0.3 is 12.1 Å². The number of carbonyl (C=O) groups is 2. The van der Waals surface area contributed by atoms with Gasteiger partial charge in [-0.2, -0.15) is 0 Å². The Labute approximate surface area is 163 Å². The predicted octanol–water partition coefficient (Wildman–Crippen LogP) is 3.43. The van der Waals surface area contributed by atoms with Gasteiger partial charge in [-0.15, -0.1) is 0 Å². The Hall–Kier alpha value is -2.61. The van der Waals surface area contributed by atoms with Gasteiger partial charge < -0.3 is 19.6 Å². The average Bonchev–Trinajstić information content (AvgIpc) is 3.03. The van der Waals surface area contributed by atoms with Crippen molar-refractivity contribution in [2.24, 2.45) is 5.92 Å². The standard InChI is InChI=1S/C20H27N3O5/c1-11(2)13-9-21-10-14(23(13)19(26)28-20(3,4)5)17-22-16-12(18(24)25)7-6-8-15(16)27-17/h6-8,11,13-14,21H,9-10H2,1-5H3,(H,24,25). The van der Waals surface area contributed by atoms with E-state index < -0.39 is 23.7 Å². The average molecular weight is 389 g/mol. The third kappa shape index (κ3) is 3.96. The summed E-state index contributed by atoms with van der Waals surface area (Å²) in [5.41, 5.74) is 0.0956. The Balaban J connectivity index is 2.04. The van der Waals surface area contributed by atoms with Crippen molar-refractivity contribution in [3.8, 4) is 0 Å². The molecule has 1 aliphatic heterocycles. The maximum absolute atomic E-state index is 13.0. The molecule has 2 heterocycles. The van der Waals surface area contributed by atoms with Crippen LogP contribution in [0.2, 0.25) is 0 Å². The van der Waals surface area contributed by atoms with E-state index in [9.17, 15) is 14.7 Å². The van der Waals surface area contributed by atoms with Crippen LogP contribution in [0.25, 0.3) is 11.1 Å². The number of ether oxygens (including phenoxy) is 1. The number of carbonyl (C=O) groups excluding carboxylic acids is 1. The highest BCUT2D eigenvalue weighted by Crippen LogP contribution is 2.32. The smallest absolute Gasteiger partial charge is 0.411 e. The van der Waals surface area contributed by atoms with Crippen molar-refractivity contribution >= 4 is 23.2 Å². The first kappa shape index (κ1) is 20.1. The van der Waals surface area contributed by atoms with Gasteiger partial charge in [-0.1, -0.05) is 19.9 Å². The lowest BCUT2D eigenvalue weighted by Crippen LogP contribution is -2.58.